The van der Waals surface area contributed by atoms with E-state index in [1.54, 1.807) is 21.8 Å². The van der Waals surface area contributed by atoms with E-state index in [2.05, 4.69) is 15.6 Å². The fourth-order valence-corrected chi connectivity index (χ4v) is 2.97. The summed E-state index contributed by atoms with van der Waals surface area (Å²) < 4.78 is 6.69. The lowest BCUT2D eigenvalue weighted by molar-refractivity contribution is -0.121. The van der Waals surface area contributed by atoms with Crippen LogP contribution in [0.4, 0.5) is 0 Å². The Labute approximate surface area is 146 Å². The molecule has 0 saturated carbocycles. The first-order valence-corrected chi connectivity index (χ1v) is 8.57. The number of aromatic nitrogens is 3. The number of rotatable bonds is 6. The van der Waals surface area contributed by atoms with Crippen LogP contribution in [0, 0.1) is 12.8 Å². The Kier molecular flexibility index (Phi) is 5.47. The molecule has 8 nitrogen and oxygen atoms in total. The highest BCUT2D eigenvalue weighted by Crippen LogP contribution is 2.18. The number of aryl methyl sites for hydroxylation is 2. The molecule has 2 aromatic rings. The molecule has 25 heavy (non-hydrogen) atoms. The molecule has 2 amide bonds. The van der Waals surface area contributed by atoms with Gasteiger partial charge < -0.3 is 14.7 Å². The van der Waals surface area contributed by atoms with E-state index < -0.39 is 0 Å². The van der Waals surface area contributed by atoms with Crippen molar-refractivity contribution in [1.82, 2.24) is 25.2 Å². The van der Waals surface area contributed by atoms with Crippen molar-refractivity contribution in [1.29, 1.82) is 0 Å². The number of nitrogens with one attached hydrogen (secondary N) is 1. The molecular weight excluding hydrogens is 322 g/mol. The fourth-order valence-electron chi connectivity index (χ4n) is 2.97. The van der Waals surface area contributed by atoms with Gasteiger partial charge in [0.1, 0.15) is 0 Å². The van der Waals surface area contributed by atoms with Crippen LogP contribution in [-0.4, -0.2) is 51.3 Å². The van der Waals surface area contributed by atoms with Crippen molar-refractivity contribution in [3.63, 3.8) is 0 Å². The van der Waals surface area contributed by atoms with Gasteiger partial charge in [0.05, 0.1) is 12.4 Å². The van der Waals surface area contributed by atoms with Crippen LogP contribution < -0.4 is 5.32 Å². The summed E-state index contributed by atoms with van der Waals surface area (Å²) in [7, 11) is 0. The Morgan fingerprint density at radius 2 is 2.16 bits per heavy atom. The van der Waals surface area contributed by atoms with E-state index in [1.807, 2.05) is 13.1 Å². The van der Waals surface area contributed by atoms with E-state index in [-0.39, 0.29) is 17.6 Å². The van der Waals surface area contributed by atoms with Gasteiger partial charge in [0.15, 0.2) is 0 Å². The van der Waals surface area contributed by atoms with Gasteiger partial charge in [-0.2, -0.15) is 5.10 Å². The zero-order valence-electron chi connectivity index (χ0n) is 14.4. The first kappa shape index (κ1) is 17.2. The first-order chi connectivity index (χ1) is 12.1. The van der Waals surface area contributed by atoms with Gasteiger partial charge in [0.25, 0.3) is 5.91 Å². The molecule has 134 valence electrons. The predicted molar refractivity (Wildman–Crippen MR) is 89.7 cm³/mol. The molecule has 1 saturated heterocycles. The summed E-state index contributed by atoms with van der Waals surface area (Å²) in [6, 6.07) is 1.58. The molecular formula is C17H23N5O3. The molecule has 1 aliphatic rings. The van der Waals surface area contributed by atoms with Crippen LogP contribution in [0.15, 0.2) is 29.2 Å². The molecule has 0 aliphatic carbocycles. The van der Waals surface area contributed by atoms with Crippen molar-refractivity contribution in [3.05, 3.63) is 36.0 Å². The summed E-state index contributed by atoms with van der Waals surface area (Å²) in [4.78, 5) is 25.9. The first-order valence-electron chi connectivity index (χ1n) is 8.57. The van der Waals surface area contributed by atoms with Gasteiger partial charge in [-0.15, -0.1) is 0 Å². The van der Waals surface area contributed by atoms with Crippen molar-refractivity contribution >= 4 is 11.8 Å². The summed E-state index contributed by atoms with van der Waals surface area (Å²) in [6.45, 7) is 4.56. The minimum atomic E-state index is -0.116. The van der Waals surface area contributed by atoms with Crippen molar-refractivity contribution < 1.29 is 14.1 Å². The zero-order valence-corrected chi connectivity index (χ0v) is 14.4. The summed E-state index contributed by atoms with van der Waals surface area (Å²) in [5.74, 6) is 0.595. The Morgan fingerprint density at radius 3 is 2.80 bits per heavy atom. The van der Waals surface area contributed by atoms with E-state index >= 15 is 0 Å². The molecule has 0 radical (unpaired) electrons. The molecule has 0 aromatic carbocycles. The van der Waals surface area contributed by atoms with Crippen LogP contribution in [0.5, 0.6) is 0 Å². The lowest BCUT2D eigenvalue weighted by Crippen LogP contribution is -2.41. The highest BCUT2D eigenvalue weighted by molar-refractivity contribution is 5.91. The van der Waals surface area contributed by atoms with Crippen molar-refractivity contribution in [2.24, 2.45) is 5.92 Å². The van der Waals surface area contributed by atoms with Gasteiger partial charge in [-0.05, 0) is 31.2 Å². The minimum absolute atomic E-state index is 0.0355. The SMILES string of the molecule is Cc1cnn(CCC(=O)NCC2CCN(C(=O)c3ccno3)CC2)c1. The van der Waals surface area contributed by atoms with E-state index in [0.717, 1.165) is 18.4 Å². The second kappa shape index (κ2) is 7.96. The smallest absolute Gasteiger partial charge is 0.292 e. The molecule has 1 aliphatic heterocycles. The standard InChI is InChI=1S/C17H23N5O3/c1-13-10-19-22(12-13)9-5-16(23)18-11-14-3-7-21(8-4-14)17(24)15-2-6-20-25-15/h2,6,10,12,14H,3-5,7-9,11H2,1H3,(H,18,23). The number of carbonyl (C=O) groups excluding carboxylic acids is 2. The number of hydrogen-bond donors (Lipinski definition) is 1. The van der Waals surface area contributed by atoms with E-state index in [9.17, 15) is 9.59 Å². The molecule has 0 bridgehead atoms. The largest absolute Gasteiger partial charge is 0.356 e. The number of likely N-dealkylation sites (tertiary alicyclic amines) is 1. The van der Waals surface area contributed by atoms with Crippen molar-refractivity contribution in [2.75, 3.05) is 19.6 Å². The molecule has 0 spiro atoms. The molecule has 8 heteroatoms. The average Bonchev–Trinajstić information content (AvgIpc) is 3.30. The van der Waals surface area contributed by atoms with Crippen LogP contribution in [0.1, 0.15) is 35.4 Å². The Morgan fingerprint density at radius 1 is 1.36 bits per heavy atom. The molecule has 1 fully saturated rings. The van der Waals surface area contributed by atoms with Gasteiger partial charge in [-0.3, -0.25) is 14.3 Å². The molecule has 3 rings (SSSR count). The van der Waals surface area contributed by atoms with Gasteiger partial charge in [0, 0.05) is 44.9 Å². The molecule has 3 heterocycles. The van der Waals surface area contributed by atoms with Crippen LogP contribution in [0.2, 0.25) is 0 Å². The molecule has 1 N–H and O–H groups in total. The van der Waals surface area contributed by atoms with Gasteiger partial charge in [0.2, 0.25) is 11.7 Å². The van der Waals surface area contributed by atoms with Crippen molar-refractivity contribution in [3.8, 4) is 0 Å². The third kappa shape index (κ3) is 4.68. The Hall–Kier alpha value is -2.64. The lowest BCUT2D eigenvalue weighted by atomic mass is 9.96. The summed E-state index contributed by atoms with van der Waals surface area (Å²) in [6.07, 6.45) is 7.35. The monoisotopic (exact) mass is 345 g/mol. The van der Waals surface area contributed by atoms with Gasteiger partial charge in [-0.25, -0.2) is 0 Å². The molecule has 0 unspecified atom stereocenters. The zero-order chi connectivity index (χ0) is 17.6. The average molecular weight is 345 g/mol. The van der Waals surface area contributed by atoms with Crippen LogP contribution in [0.3, 0.4) is 0 Å². The topological polar surface area (TPSA) is 93.3 Å². The second-order valence-electron chi connectivity index (χ2n) is 6.45. The second-order valence-corrected chi connectivity index (χ2v) is 6.45. The Bertz CT molecular complexity index is 702. The number of piperidine rings is 1. The summed E-state index contributed by atoms with van der Waals surface area (Å²) >= 11 is 0. The number of carbonyl (C=O) groups is 2. The van der Waals surface area contributed by atoms with E-state index in [4.69, 9.17) is 4.52 Å². The maximum absolute atomic E-state index is 12.2. The Balaban J connectivity index is 1.35. The van der Waals surface area contributed by atoms with E-state index in [1.165, 1.54) is 6.20 Å². The number of nitrogens with zero attached hydrogens (tertiary/aromatic N) is 4. The normalized spacial score (nSPS) is 15.3. The highest BCUT2D eigenvalue weighted by atomic mass is 16.5. The van der Waals surface area contributed by atoms with Crippen LogP contribution >= 0.6 is 0 Å². The van der Waals surface area contributed by atoms with Crippen molar-refractivity contribution in [2.45, 2.75) is 32.7 Å². The predicted octanol–water partition coefficient (Wildman–Crippen LogP) is 1.24. The van der Waals surface area contributed by atoms with Gasteiger partial charge >= 0.3 is 0 Å². The van der Waals surface area contributed by atoms with Crippen LogP contribution in [-0.2, 0) is 11.3 Å². The fraction of sp³-hybridized carbons (Fsp3) is 0.529. The minimum Gasteiger partial charge on any atom is -0.356 e. The lowest BCUT2D eigenvalue weighted by Gasteiger charge is -2.31. The number of amides is 2. The maximum Gasteiger partial charge on any atom is 0.292 e. The van der Waals surface area contributed by atoms with Gasteiger partial charge in [-0.1, -0.05) is 5.16 Å². The maximum atomic E-state index is 12.2. The molecule has 0 atom stereocenters. The quantitative estimate of drug-likeness (QED) is 0.850. The summed E-state index contributed by atoms with van der Waals surface area (Å²) in [5, 5.41) is 10.7. The molecule has 2 aromatic heterocycles. The van der Waals surface area contributed by atoms with E-state index in [0.29, 0.717) is 38.5 Å². The third-order valence-electron chi connectivity index (χ3n) is 4.47. The number of hydrogen-bond acceptors (Lipinski definition) is 5. The summed E-state index contributed by atoms with van der Waals surface area (Å²) in [5.41, 5.74) is 1.09. The van der Waals surface area contributed by atoms with Crippen LogP contribution in [0.25, 0.3) is 0 Å². The third-order valence-corrected chi connectivity index (χ3v) is 4.47. The highest BCUT2D eigenvalue weighted by Gasteiger charge is 2.25.